The minimum Gasteiger partial charge on any atom is -0.452 e. The Labute approximate surface area is 180 Å². The number of aromatic nitrogens is 1. The predicted octanol–water partition coefficient (Wildman–Crippen LogP) is 6.68. The maximum absolute atomic E-state index is 12.3. The lowest BCUT2D eigenvalue weighted by Crippen LogP contribution is -2.40. The molecule has 1 amide bonds. The van der Waals surface area contributed by atoms with Gasteiger partial charge >= 0.3 is 6.09 Å². The largest absolute Gasteiger partial charge is 0.452 e. The van der Waals surface area contributed by atoms with E-state index in [-0.39, 0.29) is 5.41 Å². The average Bonchev–Trinajstić information content (AvgIpc) is 3.11. The number of nitrogens with one attached hydrogen (secondary N) is 2. The zero-order valence-corrected chi connectivity index (χ0v) is 18.2. The molecule has 0 fully saturated rings. The molecule has 1 aromatic heterocycles. The van der Waals surface area contributed by atoms with Crippen molar-refractivity contribution in [3.05, 3.63) is 71.4 Å². The molecule has 0 saturated carbocycles. The number of fused-ring (bicyclic) bond motifs is 2. The maximum atomic E-state index is 12.3. The highest BCUT2D eigenvalue weighted by atomic mass is 35.5. The van der Waals surface area contributed by atoms with Crippen LogP contribution in [0.25, 0.3) is 21.7 Å². The SMILES string of the molecule is COC(=O)NN(c1cc2ccccc2cc1Cl)c1c(C(C)(C)C)[nH]c2ccccc12. The Hall–Kier alpha value is -3.18. The summed E-state index contributed by atoms with van der Waals surface area (Å²) in [4.78, 5) is 15.9. The van der Waals surface area contributed by atoms with Crippen LogP contribution in [0.2, 0.25) is 5.02 Å². The number of carbonyl (C=O) groups is 1. The first-order valence-electron chi connectivity index (χ1n) is 9.74. The molecule has 0 aliphatic carbocycles. The summed E-state index contributed by atoms with van der Waals surface area (Å²) in [5.74, 6) is 0. The number of carbonyl (C=O) groups excluding carboxylic acids is 1. The van der Waals surface area contributed by atoms with Crippen molar-refractivity contribution in [1.29, 1.82) is 0 Å². The van der Waals surface area contributed by atoms with E-state index in [4.69, 9.17) is 16.3 Å². The number of benzene rings is 3. The number of H-pyrrole nitrogens is 1. The Kier molecular flexibility index (Phi) is 5.08. The molecule has 0 bridgehead atoms. The van der Waals surface area contributed by atoms with Crippen LogP contribution in [0.3, 0.4) is 0 Å². The quantitative estimate of drug-likeness (QED) is 0.362. The molecule has 4 rings (SSSR count). The lowest BCUT2D eigenvalue weighted by atomic mass is 9.90. The topological polar surface area (TPSA) is 57.4 Å². The Balaban J connectivity index is 2.02. The van der Waals surface area contributed by atoms with Gasteiger partial charge in [0.15, 0.2) is 0 Å². The van der Waals surface area contributed by atoms with Crippen LogP contribution in [-0.4, -0.2) is 18.2 Å². The molecule has 2 N–H and O–H groups in total. The Morgan fingerprint density at radius 1 is 1.03 bits per heavy atom. The summed E-state index contributed by atoms with van der Waals surface area (Å²) < 4.78 is 4.92. The molecule has 4 aromatic rings. The number of hydrogen-bond donors (Lipinski definition) is 2. The number of para-hydroxylation sites is 1. The van der Waals surface area contributed by atoms with Crippen LogP contribution in [0.15, 0.2) is 60.7 Å². The van der Waals surface area contributed by atoms with Crippen molar-refractivity contribution in [2.75, 3.05) is 12.1 Å². The van der Waals surface area contributed by atoms with Crippen LogP contribution in [0.1, 0.15) is 26.5 Å². The second-order valence-electron chi connectivity index (χ2n) is 8.23. The van der Waals surface area contributed by atoms with E-state index in [0.717, 1.165) is 33.1 Å². The number of amides is 1. The Morgan fingerprint density at radius 2 is 1.67 bits per heavy atom. The standard InChI is InChI=1S/C24H24ClN3O2/c1-24(2,3)22-21(17-11-7-8-12-19(17)26-22)28(27-23(29)30-4)20-14-16-10-6-5-9-15(16)13-18(20)25/h5-14,26H,1-4H3,(H,27,29). The van der Waals surface area contributed by atoms with E-state index in [9.17, 15) is 4.79 Å². The fraction of sp³-hybridized carbons (Fsp3) is 0.208. The first-order chi connectivity index (χ1) is 14.3. The van der Waals surface area contributed by atoms with E-state index in [1.807, 2.05) is 60.7 Å². The molecule has 0 saturated heterocycles. The molecular formula is C24H24ClN3O2. The second-order valence-corrected chi connectivity index (χ2v) is 8.64. The smallest absolute Gasteiger partial charge is 0.426 e. The van der Waals surface area contributed by atoms with Gasteiger partial charge in [-0.2, -0.15) is 0 Å². The number of hydrazine groups is 1. The highest BCUT2D eigenvalue weighted by molar-refractivity contribution is 6.34. The number of halogens is 1. The second kappa shape index (κ2) is 7.58. The van der Waals surface area contributed by atoms with E-state index in [1.165, 1.54) is 7.11 Å². The molecule has 0 aliphatic heterocycles. The molecule has 0 aliphatic rings. The van der Waals surface area contributed by atoms with E-state index >= 15 is 0 Å². The summed E-state index contributed by atoms with van der Waals surface area (Å²) >= 11 is 6.72. The summed E-state index contributed by atoms with van der Waals surface area (Å²) in [5.41, 5.74) is 6.10. The number of hydrogen-bond acceptors (Lipinski definition) is 3. The molecule has 3 aromatic carbocycles. The van der Waals surface area contributed by atoms with Crippen LogP contribution in [0.4, 0.5) is 16.2 Å². The number of methoxy groups -OCH3 is 1. The molecule has 6 heteroatoms. The van der Waals surface area contributed by atoms with Crippen molar-refractivity contribution in [2.45, 2.75) is 26.2 Å². The number of rotatable bonds is 3. The van der Waals surface area contributed by atoms with Crippen molar-refractivity contribution in [3.8, 4) is 0 Å². The molecule has 1 heterocycles. The lowest BCUT2D eigenvalue weighted by Gasteiger charge is -2.30. The van der Waals surface area contributed by atoms with E-state index < -0.39 is 6.09 Å². The van der Waals surface area contributed by atoms with Gasteiger partial charge in [-0.15, -0.1) is 0 Å². The lowest BCUT2D eigenvalue weighted by molar-refractivity contribution is 0.171. The van der Waals surface area contributed by atoms with Gasteiger partial charge in [-0.05, 0) is 29.0 Å². The highest BCUT2D eigenvalue weighted by Crippen LogP contribution is 2.43. The van der Waals surface area contributed by atoms with Gasteiger partial charge in [-0.3, -0.25) is 0 Å². The third kappa shape index (κ3) is 3.57. The van der Waals surface area contributed by atoms with E-state index in [2.05, 4.69) is 31.2 Å². The third-order valence-electron chi connectivity index (χ3n) is 5.10. The molecule has 30 heavy (non-hydrogen) atoms. The van der Waals surface area contributed by atoms with Gasteiger partial charge in [0.25, 0.3) is 0 Å². The minimum atomic E-state index is -0.579. The van der Waals surface area contributed by atoms with Crippen molar-refractivity contribution < 1.29 is 9.53 Å². The van der Waals surface area contributed by atoms with E-state index in [1.54, 1.807) is 5.01 Å². The van der Waals surface area contributed by atoms with Gasteiger partial charge in [0.2, 0.25) is 0 Å². The summed E-state index contributed by atoms with van der Waals surface area (Å²) in [7, 11) is 1.34. The van der Waals surface area contributed by atoms with Crippen LogP contribution >= 0.6 is 11.6 Å². The molecular weight excluding hydrogens is 398 g/mol. The molecule has 0 spiro atoms. The normalized spacial score (nSPS) is 11.6. The van der Waals surface area contributed by atoms with Crippen molar-refractivity contribution in [2.24, 2.45) is 0 Å². The predicted molar refractivity (Wildman–Crippen MR) is 124 cm³/mol. The fourth-order valence-corrected chi connectivity index (χ4v) is 3.90. The molecule has 0 atom stereocenters. The van der Waals surface area contributed by atoms with Gasteiger partial charge < -0.3 is 9.72 Å². The molecule has 5 nitrogen and oxygen atoms in total. The van der Waals surface area contributed by atoms with Gasteiger partial charge in [0, 0.05) is 22.0 Å². The number of ether oxygens (including phenoxy) is 1. The maximum Gasteiger partial charge on any atom is 0.426 e. The summed E-state index contributed by atoms with van der Waals surface area (Å²) in [6.07, 6.45) is -0.579. The molecule has 154 valence electrons. The monoisotopic (exact) mass is 421 g/mol. The third-order valence-corrected chi connectivity index (χ3v) is 5.40. The number of nitrogens with zero attached hydrogens (tertiary/aromatic N) is 1. The number of anilines is 2. The van der Waals surface area contributed by atoms with Crippen LogP contribution < -0.4 is 10.4 Å². The first kappa shape index (κ1) is 20.1. The van der Waals surface area contributed by atoms with Gasteiger partial charge in [-0.25, -0.2) is 15.2 Å². The van der Waals surface area contributed by atoms with Crippen molar-refractivity contribution >= 4 is 50.7 Å². The van der Waals surface area contributed by atoms with Crippen LogP contribution in [0, 0.1) is 0 Å². The zero-order chi connectivity index (χ0) is 21.5. The highest BCUT2D eigenvalue weighted by Gasteiger charge is 2.29. The van der Waals surface area contributed by atoms with Gasteiger partial charge in [0.1, 0.15) is 0 Å². The van der Waals surface area contributed by atoms with Gasteiger partial charge in [-0.1, -0.05) is 74.8 Å². The minimum absolute atomic E-state index is 0.215. The van der Waals surface area contributed by atoms with Gasteiger partial charge in [0.05, 0.1) is 23.5 Å². The van der Waals surface area contributed by atoms with Crippen molar-refractivity contribution in [3.63, 3.8) is 0 Å². The van der Waals surface area contributed by atoms with Crippen LogP contribution in [-0.2, 0) is 10.2 Å². The van der Waals surface area contributed by atoms with Crippen molar-refractivity contribution in [1.82, 2.24) is 10.4 Å². The van der Waals surface area contributed by atoms with E-state index in [0.29, 0.717) is 10.7 Å². The molecule has 0 radical (unpaired) electrons. The summed E-state index contributed by atoms with van der Waals surface area (Å²) in [5, 5.41) is 5.27. The first-order valence-corrected chi connectivity index (χ1v) is 10.1. The summed E-state index contributed by atoms with van der Waals surface area (Å²) in [6, 6.07) is 19.9. The summed E-state index contributed by atoms with van der Waals surface area (Å²) in [6.45, 7) is 6.37. The average molecular weight is 422 g/mol. The number of aromatic amines is 1. The molecule has 0 unspecified atom stereocenters. The zero-order valence-electron chi connectivity index (χ0n) is 17.4. The Bertz CT molecular complexity index is 1240. The fourth-order valence-electron chi connectivity index (χ4n) is 3.65. The van der Waals surface area contributed by atoms with Crippen LogP contribution in [0.5, 0.6) is 0 Å². The Morgan fingerprint density at radius 3 is 2.33 bits per heavy atom.